The van der Waals surface area contributed by atoms with E-state index in [1.54, 1.807) is 19.5 Å². The highest BCUT2D eigenvalue weighted by atomic mass is 32.2. The van der Waals surface area contributed by atoms with Crippen LogP contribution in [0.5, 0.6) is 5.75 Å². The molecule has 1 N–H and O–H groups in total. The van der Waals surface area contributed by atoms with Crippen molar-refractivity contribution in [1.29, 1.82) is 0 Å². The van der Waals surface area contributed by atoms with Crippen molar-refractivity contribution in [3.05, 3.63) is 66.6 Å². The number of pyridine rings is 1. The summed E-state index contributed by atoms with van der Waals surface area (Å²) in [6, 6.07) is 16.7. The summed E-state index contributed by atoms with van der Waals surface area (Å²) in [6.45, 7) is 0. The van der Waals surface area contributed by atoms with Crippen molar-refractivity contribution in [1.82, 2.24) is 19.7 Å². The zero-order chi connectivity index (χ0) is 19.5. The van der Waals surface area contributed by atoms with Gasteiger partial charge in [0.05, 0.1) is 12.6 Å². The first kappa shape index (κ1) is 18.0. The van der Waals surface area contributed by atoms with Crippen molar-refractivity contribution in [2.75, 3.05) is 12.4 Å². The topological polar surface area (TPSA) is 81.9 Å². The summed E-state index contributed by atoms with van der Waals surface area (Å²) in [4.78, 5) is 18.0. The maximum absolute atomic E-state index is 12.5. The fraction of sp³-hybridized carbons (Fsp3) is 0.100. The lowest BCUT2D eigenvalue weighted by Crippen LogP contribution is -2.13. The second-order valence-electron chi connectivity index (χ2n) is 6.06. The van der Waals surface area contributed by atoms with Crippen molar-refractivity contribution in [3.63, 3.8) is 0 Å². The number of ether oxygens (including phenoxy) is 1. The molecular weight excluding hydrogens is 374 g/mol. The molecule has 0 aliphatic rings. The number of anilines is 1. The molecule has 0 fully saturated rings. The van der Waals surface area contributed by atoms with Crippen LogP contribution in [0.25, 0.3) is 10.9 Å². The maximum Gasteiger partial charge on any atom is 0.274 e. The molecule has 7 nitrogen and oxygen atoms in total. The lowest BCUT2D eigenvalue weighted by molar-refractivity contribution is 0.102. The third-order valence-corrected chi connectivity index (χ3v) is 5.18. The van der Waals surface area contributed by atoms with Crippen LogP contribution in [0.3, 0.4) is 0 Å². The Morgan fingerprint density at radius 1 is 1.11 bits per heavy atom. The van der Waals surface area contributed by atoms with Gasteiger partial charge in [0.25, 0.3) is 5.91 Å². The third kappa shape index (κ3) is 3.81. The van der Waals surface area contributed by atoms with Crippen LogP contribution in [0.1, 0.15) is 10.5 Å². The van der Waals surface area contributed by atoms with Crippen LogP contribution < -0.4 is 10.1 Å². The molecule has 0 atom stereocenters. The highest BCUT2D eigenvalue weighted by Gasteiger charge is 2.10. The average Bonchev–Trinajstić information content (AvgIpc) is 3.13. The Bertz CT molecular complexity index is 1140. The molecule has 0 unspecified atom stereocenters. The Balaban J connectivity index is 1.47. The molecule has 0 spiro atoms. The maximum atomic E-state index is 12.5. The number of rotatable bonds is 5. The van der Waals surface area contributed by atoms with E-state index < -0.39 is 0 Å². The summed E-state index contributed by atoms with van der Waals surface area (Å²) >= 11 is 1.50. The molecule has 28 heavy (non-hydrogen) atoms. The van der Waals surface area contributed by atoms with E-state index in [-0.39, 0.29) is 5.91 Å². The number of nitrogens with zero attached hydrogens (tertiary/aromatic N) is 4. The molecule has 2 aromatic heterocycles. The Morgan fingerprint density at radius 3 is 2.64 bits per heavy atom. The Morgan fingerprint density at radius 2 is 1.93 bits per heavy atom. The van der Waals surface area contributed by atoms with Gasteiger partial charge in [-0.05, 0) is 60.3 Å². The monoisotopic (exact) mass is 391 g/mol. The van der Waals surface area contributed by atoms with Gasteiger partial charge in [0, 0.05) is 23.0 Å². The first-order valence-corrected chi connectivity index (χ1v) is 9.32. The van der Waals surface area contributed by atoms with Gasteiger partial charge in [0.15, 0.2) is 5.16 Å². The fourth-order valence-corrected chi connectivity index (χ4v) is 3.39. The molecule has 0 saturated heterocycles. The molecule has 0 aliphatic carbocycles. The molecule has 0 radical (unpaired) electrons. The van der Waals surface area contributed by atoms with Gasteiger partial charge in [-0.1, -0.05) is 6.07 Å². The molecule has 0 saturated carbocycles. The average molecular weight is 391 g/mol. The minimum absolute atomic E-state index is 0.258. The molecule has 0 aliphatic heterocycles. The minimum Gasteiger partial charge on any atom is -0.497 e. The van der Waals surface area contributed by atoms with Crippen molar-refractivity contribution in [2.24, 2.45) is 7.05 Å². The van der Waals surface area contributed by atoms with Gasteiger partial charge in [-0.2, -0.15) is 0 Å². The second-order valence-corrected chi connectivity index (χ2v) is 7.10. The molecule has 140 valence electrons. The minimum atomic E-state index is -0.258. The van der Waals surface area contributed by atoms with Crippen LogP contribution in [-0.2, 0) is 7.05 Å². The number of carbonyl (C=O) groups is 1. The number of fused-ring (bicyclic) bond motifs is 1. The summed E-state index contributed by atoms with van der Waals surface area (Å²) in [6.07, 6.45) is 1.66. The standard InChI is InChI=1S/C20H17N5O2S/c1-25-12-21-24-20(25)28-16-7-4-14(5-8-16)22-19(26)18-9-3-13-11-15(27-2)6-10-17(13)23-18/h3-12H,1-2H3,(H,22,26). The summed E-state index contributed by atoms with van der Waals surface area (Å²) in [7, 11) is 3.51. The summed E-state index contributed by atoms with van der Waals surface area (Å²) in [5.41, 5.74) is 1.79. The predicted molar refractivity (Wildman–Crippen MR) is 108 cm³/mol. The number of aromatic nitrogens is 4. The SMILES string of the molecule is COc1ccc2nc(C(=O)Nc3ccc(Sc4nncn4C)cc3)ccc2c1. The number of carbonyl (C=O) groups excluding carboxylic acids is 1. The summed E-state index contributed by atoms with van der Waals surface area (Å²) < 4.78 is 7.06. The number of benzene rings is 2. The van der Waals surface area contributed by atoms with Crippen LogP contribution in [0.2, 0.25) is 0 Å². The lowest BCUT2D eigenvalue weighted by Gasteiger charge is -2.07. The largest absolute Gasteiger partial charge is 0.497 e. The summed E-state index contributed by atoms with van der Waals surface area (Å²) in [5, 5.41) is 12.5. The van der Waals surface area contributed by atoms with E-state index in [0.29, 0.717) is 11.4 Å². The van der Waals surface area contributed by atoms with Gasteiger partial charge < -0.3 is 14.6 Å². The van der Waals surface area contributed by atoms with Crippen molar-refractivity contribution < 1.29 is 9.53 Å². The van der Waals surface area contributed by atoms with Crippen LogP contribution in [0.4, 0.5) is 5.69 Å². The van der Waals surface area contributed by atoms with Crippen LogP contribution in [0, 0.1) is 0 Å². The molecular formula is C20H17N5O2S. The van der Waals surface area contributed by atoms with E-state index >= 15 is 0 Å². The second kappa shape index (κ2) is 7.69. The zero-order valence-corrected chi connectivity index (χ0v) is 16.1. The lowest BCUT2D eigenvalue weighted by atomic mass is 10.2. The highest BCUT2D eigenvalue weighted by Crippen LogP contribution is 2.26. The third-order valence-electron chi connectivity index (χ3n) is 4.12. The van der Waals surface area contributed by atoms with Crippen LogP contribution in [0.15, 0.2) is 71.0 Å². The Labute approximate surface area is 165 Å². The smallest absolute Gasteiger partial charge is 0.274 e. The first-order chi connectivity index (χ1) is 13.6. The van der Waals surface area contributed by atoms with Gasteiger partial charge >= 0.3 is 0 Å². The zero-order valence-electron chi connectivity index (χ0n) is 15.3. The molecule has 0 bridgehead atoms. The van der Waals surface area contributed by atoms with Crippen LogP contribution >= 0.6 is 11.8 Å². The molecule has 2 aromatic carbocycles. The van der Waals surface area contributed by atoms with E-state index in [1.165, 1.54) is 11.8 Å². The van der Waals surface area contributed by atoms with E-state index in [9.17, 15) is 4.79 Å². The predicted octanol–water partition coefficient (Wildman–Crippen LogP) is 3.78. The van der Waals surface area contributed by atoms with E-state index in [1.807, 2.05) is 60.1 Å². The van der Waals surface area contributed by atoms with Crippen molar-refractivity contribution in [3.8, 4) is 5.75 Å². The van der Waals surface area contributed by atoms with Gasteiger partial charge in [0.1, 0.15) is 17.8 Å². The molecule has 4 aromatic rings. The highest BCUT2D eigenvalue weighted by molar-refractivity contribution is 7.99. The Kier molecular flexibility index (Phi) is 4.94. The van der Waals surface area contributed by atoms with Gasteiger partial charge in [-0.3, -0.25) is 4.79 Å². The first-order valence-electron chi connectivity index (χ1n) is 8.50. The van der Waals surface area contributed by atoms with E-state index in [0.717, 1.165) is 26.7 Å². The number of methoxy groups -OCH3 is 1. The molecule has 8 heteroatoms. The van der Waals surface area contributed by atoms with E-state index in [2.05, 4.69) is 20.5 Å². The molecule has 1 amide bonds. The molecule has 4 rings (SSSR count). The quantitative estimate of drug-likeness (QED) is 0.558. The van der Waals surface area contributed by atoms with Crippen molar-refractivity contribution >= 4 is 34.3 Å². The Hall–Kier alpha value is -3.39. The number of amides is 1. The molecule has 2 heterocycles. The normalized spacial score (nSPS) is 10.8. The van der Waals surface area contributed by atoms with Crippen molar-refractivity contribution in [2.45, 2.75) is 10.1 Å². The number of hydrogen-bond donors (Lipinski definition) is 1. The van der Waals surface area contributed by atoms with E-state index in [4.69, 9.17) is 4.74 Å². The van der Waals surface area contributed by atoms with Gasteiger partial charge in [0.2, 0.25) is 0 Å². The summed E-state index contributed by atoms with van der Waals surface area (Å²) in [5.74, 6) is 0.497. The van der Waals surface area contributed by atoms with Crippen LogP contribution in [-0.4, -0.2) is 32.8 Å². The fourth-order valence-electron chi connectivity index (χ4n) is 2.63. The van der Waals surface area contributed by atoms with Gasteiger partial charge in [-0.25, -0.2) is 4.98 Å². The van der Waals surface area contributed by atoms with Gasteiger partial charge in [-0.15, -0.1) is 10.2 Å². The number of hydrogen-bond acceptors (Lipinski definition) is 6. The number of aryl methyl sites for hydroxylation is 1. The number of nitrogens with one attached hydrogen (secondary N) is 1.